The second-order valence-electron chi connectivity index (χ2n) is 2.74. The summed E-state index contributed by atoms with van der Waals surface area (Å²) < 4.78 is 13.3. The van der Waals surface area contributed by atoms with Crippen molar-refractivity contribution in [3.05, 3.63) is 28.5 Å². The predicted molar refractivity (Wildman–Crippen MR) is 52.7 cm³/mol. The van der Waals surface area contributed by atoms with Crippen molar-refractivity contribution in [2.75, 3.05) is 12.4 Å². The van der Waals surface area contributed by atoms with Crippen molar-refractivity contribution in [1.82, 2.24) is 0 Å². The standard InChI is InChI=1S/C9H10ClFN2/c1-5(12)7-3-6(10)4-8(11)9(7)13-2/h3-4,12-13H,1-2H3/p+1. The Morgan fingerprint density at radius 1 is 1.54 bits per heavy atom. The largest absolute Gasteiger partial charge is 0.385 e. The third-order valence-electron chi connectivity index (χ3n) is 1.73. The van der Waals surface area contributed by atoms with E-state index >= 15 is 0 Å². The molecule has 0 bridgehead atoms. The number of hydrogen-bond acceptors (Lipinski definition) is 1. The molecule has 0 saturated heterocycles. The minimum Gasteiger partial charge on any atom is -0.385 e. The maximum Gasteiger partial charge on any atom is 0.179 e. The van der Waals surface area contributed by atoms with Crippen LogP contribution in [0.2, 0.25) is 5.02 Å². The third-order valence-corrected chi connectivity index (χ3v) is 1.95. The lowest BCUT2D eigenvalue weighted by Gasteiger charge is -2.06. The Bertz CT molecular complexity index is 350. The molecule has 0 atom stereocenters. The van der Waals surface area contributed by atoms with Crippen LogP contribution in [0.25, 0.3) is 0 Å². The van der Waals surface area contributed by atoms with E-state index in [2.05, 4.69) is 5.32 Å². The van der Waals surface area contributed by atoms with Crippen LogP contribution in [0.15, 0.2) is 12.1 Å². The third kappa shape index (κ3) is 1.98. The molecule has 1 aromatic rings. The zero-order valence-corrected chi connectivity index (χ0v) is 8.24. The van der Waals surface area contributed by atoms with Crippen LogP contribution in [-0.2, 0) is 0 Å². The zero-order valence-electron chi connectivity index (χ0n) is 7.49. The van der Waals surface area contributed by atoms with E-state index in [9.17, 15) is 4.39 Å². The Morgan fingerprint density at radius 2 is 2.15 bits per heavy atom. The molecule has 0 unspecified atom stereocenters. The van der Waals surface area contributed by atoms with Gasteiger partial charge in [-0.15, -0.1) is 0 Å². The molecule has 0 heterocycles. The van der Waals surface area contributed by atoms with Gasteiger partial charge < -0.3 is 5.32 Å². The molecular formula is C9H11ClFN2+. The average molecular weight is 202 g/mol. The van der Waals surface area contributed by atoms with E-state index in [1.807, 2.05) is 0 Å². The zero-order chi connectivity index (χ0) is 10.0. The second-order valence-corrected chi connectivity index (χ2v) is 3.18. The molecule has 2 nitrogen and oxygen atoms in total. The Labute approximate surface area is 81.2 Å². The van der Waals surface area contributed by atoms with Gasteiger partial charge in [-0.2, -0.15) is 0 Å². The molecule has 0 fully saturated rings. The van der Waals surface area contributed by atoms with E-state index in [4.69, 9.17) is 17.0 Å². The van der Waals surface area contributed by atoms with Crippen LogP contribution < -0.4 is 10.7 Å². The molecule has 0 aromatic heterocycles. The number of nitrogens with one attached hydrogen (secondary N) is 1. The van der Waals surface area contributed by atoms with Gasteiger partial charge in [0.15, 0.2) is 5.71 Å². The van der Waals surface area contributed by atoms with E-state index in [-0.39, 0.29) is 0 Å². The van der Waals surface area contributed by atoms with Gasteiger partial charge in [0.25, 0.3) is 0 Å². The summed E-state index contributed by atoms with van der Waals surface area (Å²) in [6, 6.07) is 2.88. The molecule has 0 radical (unpaired) electrons. The summed E-state index contributed by atoms with van der Waals surface area (Å²) >= 11 is 5.69. The van der Waals surface area contributed by atoms with Gasteiger partial charge in [-0.05, 0) is 12.1 Å². The van der Waals surface area contributed by atoms with Crippen molar-refractivity contribution < 1.29 is 9.80 Å². The number of rotatable bonds is 2. The SMILES string of the molecule is CNc1c(F)cc(Cl)cc1C(C)=[NH2+]. The van der Waals surface area contributed by atoms with Gasteiger partial charge in [0.1, 0.15) is 5.82 Å². The smallest absolute Gasteiger partial charge is 0.179 e. The number of halogens is 2. The minimum atomic E-state index is -0.394. The van der Waals surface area contributed by atoms with Gasteiger partial charge in [-0.25, -0.2) is 4.39 Å². The first-order valence-corrected chi connectivity index (χ1v) is 4.20. The number of hydrogen-bond donors (Lipinski definition) is 2. The lowest BCUT2D eigenvalue weighted by molar-refractivity contribution is -0.113. The first-order chi connectivity index (χ1) is 6.06. The van der Waals surface area contributed by atoms with E-state index in [0.717, 1.165) is 0 Å². The van der Waals surface area contributed by atoms with Gasteiger partial charge in [-0.3, -0.25) is 5.41 Å². The molecule has 13 heavy (non-hydrogen) atoms. The van der Waals surface area contributed by atoms with Crippen molar-refractivity contribution in [3.8, 4) is 0 Å². The van der Waals surface area contributed by atoms with Gasteiger partial charge in [0, 0.05) is 19.0 Å². The van der Waals surface area contributed by atoms with E-state index in [1.54, 1.807) is 20.0 Å². The summed E-state index contributed by atoms with van der Waals surface area (Å²) in [4.78, 5) is 0. The van der Waals surface area contributed by atoms with Gasteiger partial charge in [0.2, 0.25) is 0 Å². The minimum absolute atomic E-state index is 0.344. The highest BCUT2D eigenvalue weighted by molar-refractivity contribution is 6.31. The molecule has 4 heteroatoms. The summed E-state index contributed by atoms with van der Waals surface area (Å²) in [5.74, 6) is -0.394. The first kappa shape index (κ1) is 9.99. The fourth-order valence-corrected chi connectivity index (χ4v) is 1.34. The molecule has 0 spiro atoms. The molecule has 3 N–H and O–H groups in total. The molecule has 0 amide bonds. The van der Waals surface area contributed by atoms with Crippen molar-refractivity contribution >= 4 is 23.0 Å². The molecule has 1 rings (SSSR count). The molecule has 0 saturated carbocycles. The molecular weight excluding hydrogens is 191 g/mol. The van der Waals surface area contributed by atoms with Gasteiger partial charge in [0.05, 0.1) is 11.3 Å². The van der Waals surface area contributed by atoms with Crippen LogP contribution in [0.1, 0.15) is 12.5 Å². The van der Waals surface area contributed by atoms with Crippen molar-refractivity contribution in [2.24, 2.45) is 0 Å². The Hall–Kier alpha value is -1.09. The fourth-order valence-electron chi connectivity index (χ4n) is 1.14. The van der Waals surface area contributed by atoms with Crippen LogP contribution in [0.5, 0.6) is 0 Å². The normalized spacial score (nSPS) is 9.85. The lowest BCUT2D eigenvalue weighted by Crippen LogP contribution is -2.38. The van der Waals surface area contributed by atoms with Crippen LogP contribution >= 0.6 is 11.6 Å². The highest BCUT2D eigenvalue weighted by Gasteiger charge is 2.12. The summed E-state index contributed by atoms with van der Waals surface area (Å²) in [6.07, 6.45) is 0. The lowest BCUT2D eigenvalue weighted by atomic mass is 10.1. The Kier molecular flexibility index (Phi) is 2.88. The molecule has 70 valence electrons. The number of benzene rings is 1. The van der Waals surface area contributed by atoms with Crippen LogP contribution in [0.4, 0.5) is 10.1 Å². The predicted octanol–water partition coefficient (Wildman–Crippen LogP) is 1.09. The fraction of sp³-hybridized carbons (Fsp3) is 0.222. The number of anilines is 1. The van der Waals surface area contributed by atoms with E-state index in [1.165, 1.54) is 6.07 Å². The maximum absolute atomic E-state index is 13.3. The maximum atomic E-state index is 13.3. The Balaban J connectivity index is 3.38. The quantitative estimate of drug-likeness (QED) is 0.691. The molecule has 0 aliphatic rings. The summed E-state index contributed by atoms with van der Waals surface area (Å²) in [7, 11) is 1.64. The topological polar surface area (TPSA) is 37.6 Å². The highest BCUT2D eigenvalue weighted by atomic mass is 35.5. The van der Waals surface area contributed by atoms with Crippen LogP contribution in [0, 0.1) is 5.82 Å². The Morgan fingerprint density at radius 3 is 2.62 bits per heavy atom. The summed E-state index contributed by atoms with van der Waals surface area (Å²) in [5.41, 5.74) is 1.52. The first-order valence-electron chi connectivity index (χ1n) is 3.82. The van der Waals surface area contributed by atoms with Crippen molar-refractivity contribution in [1.29, 1.82) is 0 Å². The molecule has 0 aliphatic carbocycles. The van der Waals surface area contributed by atoms with Crippen molar-refractivity contribution in [3.63, 3.8) is 0 Å². The highest BCUT2D eigenvalue weighted by Crippen LogP contribution is 2.24. The van der Waals surface area contributed by atoms with Gasteiger partial charge >= 0.3 is 0 Å². The van der Waals surface area contributed by atoms with Gasteiger partial charge in [-0.1, -0.05) is 11.6 Å². The monoisotopic (exact) mass is 201 g/mol. The van der Waals surface area contributed by atoms with Crippen LogP contribution in [-0.4, -0.2) is 12.8 Å². The summed E-state index contributed by atoms with van der Waals surface area (Å²) in [5, 5.41) is 8.66. The van der Waals surface area contributed by atoms with Crippen LogP contribution in [0.3, 0.4) is 0 Å². The van der Waals surface area contributed by atoms with E-state index in [0.29, 0.717) is 22.0 Å². The van der Waals surface area contributed by atoms with E-state index < -0.39 is 5.82 Å². The summed E-state index contributed by atoms with van der Waals surface area (Å²) in [6.45, 7) is 1.70. The number of nitrogens with two attached hydrogens (primary N) is 1. The average Bonchev–Trinajstić information content (AvgIpc) is 2.02. The van der Waals surface area contributed by atoms with Crippen molar-refractivity contribution in [2.45, 2.75) is 6.92 Å². The second kappa shape index (κ2) is 3.75. The molecule has 1 aromatic carbocycles. The molecule has 0 aliphatic heterocycles.